The van der Waals surface area contributed by atoms with Crippen molar-refractivity contribution in [1.29, 1.82) is 0 Å². The molecule has 2 aromatic heterocycles. The van der Waals surface area contributed by atoms with Gasteiger partial charge in [0, 0.05) is 24.2 Å². The van der Waals surface area contributed by atoms with Gasteiger partial charge in [0.2, 0.25) is 10.0 Å². The lowest BCUT2D eigenvalue weighted by molar-refractivity contribution is 0.301. The number of pyridine rings is 1. The average Bonchev–Trinajstić information content (AvgIpc) is 3.28. The summed E-state index contributed by atoms with van der Waals surface area (Å²) in [6.45, 7) is 0.591. The Kier molecular flexibility index (Phi) is 6.40. The number of hydrogen-bond donors (Lipinski definition) is 2. The molecule has 1 fully saturated rings. The highest BCUT2D eigenvalue weighted by Crippen LogP contribution is 2.29. The second-order valence-corrected chi connectivity index (χ2v) is 9.76. The molecule has 0 amide bonds. The molecule has 1 aliphatic carbocycles. The van der Waals surface area contributed by atoms with E-state index in [0.29, 0.717) is 6.54 Å². The second-order valence-electron chi connectivity index (χ2n) is 7.36. The number of benzene rings is 1. The van der Waals surface area contributed by atoms with Gasteiger partial charge in [0.05, 0.1) is 11.2 Å². The fourth-order valence-electron chi connectivity index (χ4n) is 3.86. The first-order chi connectivity index (χ1) is 14.5. The Balaban J connectivity index is 1.48. The summed E-state index contributed by atoms with van der Waals surface area (Å²) in [6, 6.07) is 9.02. The molecule has 0 radical (unpaired) electrons. The molecule has 30 heavy (non-hydrogen) atoms. The van der Waals surface area contributed by atoms with Crippen molar-refractivity contribution < 1.29 is 12.8 Å². The van der Waals surface area contributed by atoms with Crippen LogP contribution >= 0.6 is 11.3 Å². The van der Waals surface area contributed by atoms with E-state index >= 15 is 0 Å². The molecular weight excluding hydrogens is 423 g/mol. The van der Waals surface area contributed by atoms with Gasteiger partial charge in [-0.05, 0) is 43.0 Å². The van der Waals surface area contributed by atoms with Crippen molar-refractivity contribution >= 4 is 27.0 Å². The normalized spacial score (nSPS) is 19.5. The maximum absolute atomic E-state index is 14.0. The van der Waals surface area contributed by atoms with Crippen LogP contribution in [0.15, 0.2) is 58.4 Å². The minimum absolute atomic E-state index is 0.0868. The van der Waals surface area contributed by atoms with Crippen LogP contribution in [0.2, 0.25) is 0 Å². The Morgan fingerprint density at radius 2 is 1.93 bits per heavy atom. The predicted octanol–water partition coefficient (Wildman–Crippen LogP) is 4.29. The lowest BCUT2D eigenvalue weighted by Gasteiger charge is -2.32. The van der Waals surface area contributed by atoms with Gasteiger partial charge < -0.3 is 5.32 Å². The molecule has 0 bridgehead atoms. The fourth-order valence-corrected chi connectivity index (χ4v) is 5.81. The zero-order chi connectivity index (χ0) is 21.0. The van der Waals surface area contributed by atoms with Crippen LogP contribution in [-0.2, 0) is 10.0 Å². The van der Waals surface area contributed by atoms with Crippen molar-refractivity contribution in [3.8, 4) is 11.4 Å². The maximum atomic E-state index is 14.0. The van der Waals surface area contributed by atoms with Crippen LogP contribution in [0, 0.1) is 11.7 Å². The van der Waals surface area contributed by atoms with E-state index in [9.17, 15) is 12.8 Å². The first-order valence-electron chi connectivity index (χ1n) is 9.89. The van der Waals surface area contributed by atoms with Crippen molar-refractivity contribution in [1.82, 2.24) is 14.7 Å². The number of hydrogen-bond acceptors (Lipinski definition) is 6. The Morgan fingerprint density at radius 1 is 1.10 bits per heavy atom. The van der Waals surface area contributed by atoms with Gasteiger partial charge >= 0.3 is 0 Å². The minimum Gasteiger partial charge on any atom is -0.383 e. The van der Waals surface area contributed by atoms with Crippen LogP contribution in [0.3, 0.4) is 0 Å². The highest BCUT2D eigenvalue weighted by molar-refractivity contribution is 7.89. The van der Waals surface area contributed by atoms with E-state index in [4.69, 9.17) is 0 Å². The molecule has 1 saturated carbocycles. The topological polar surface area (TPSA) is 84.0 Å². The third-order valence-corrected chi connectivity index (χ3v) is 7.49. The first-order valence-corrected chi connectivity index (χ1v) is 12.3. The second kappa shape index (κ2) is 9.20. The van der Waals surface area contributed by atoms with Crippen molar-refractivity contribution in [3.63, 3.8) is 0 Å². The molecule has 0 aliphatic heterocycles. The molecule has 1 aromatic carbocycles. The molecule has 158 valence electrons. The van der Waals surface area contributed by atoms with Crippen LogP contribution in [0.4, 0.5) is 10.1 Å². The zero-order valence-corrected chi connectivity index (χ0v) is 17.9. The number of anilines is 1. The summed E-state index contributed by atoms with van der Waals surface area (Å²) in [5.74, 6) is -0.650. The predicted molar refractivity (Wildman–Crippen MR) is 116 cm³/mol. The SMILES string of the molecule is O=S(=O)(NC1CCCCC1CNc1cccnc1-c1cscn1)c1ccccc1F. The van der Waals surface area contributed by atoms with Gasteiger partial charge in [-0.3, -0.25) is 4.98 Å². The molecule has 0 saturated heterocycles. The molecule has 0 spiro atoms. The zero-order valence-electron chi connectivity index (χ0n) is 16.3. The van der Waals surface area contributed by atoms with Crippen LogP contribution < -0.4 is 10.0 Å². The minimum atomic E-state index is -3.92. The summed E-state index contributed by atoms with van der Waals surface area (Å²) >= 11 is 1.51. The molecule has 1 aliphatic rings. The molecule has 4 rings (SSSR count). The summed E-state index contributed by atoms with van der Waals surface area (Å²) in [5.41, 5.74) is 4.22. The van der Waals surface area contributed by atoms with Gasteiger partial charge in [0.15, 0.2) is 0 Å². The Labute approximate surface area is 179 Å². The maximum Gasteiger partial charge on any atom is 0.243 e. The van der Waals surface area contributed by atoms with Crippen molar-refractivity contribution in [2.24, 2.45) is 5.92 Å². The van der Waals surface area contributed by atoms with Gasteiger partial charge in [0.25, 0.3) is 0 Å². The van der Waals surface area contributed by atoms with Gasteiger partial charge in [-0.2, -0.15) is 0 Å². The van der Waals surface area contributed by atoms with Gasteiger partial charge in [-0.1, -0.05) is 25.0 Å². The van der Waals surface area contributed by atoms with E-state index in [1.807, 2.05) is 17.5 Å². The molecule has 3 aromatic rings. The molecular formula is C21H23FN4O2S2. The summed E-state index contributed by atoms with van der Waals surface area (Å²) < 4.78 is 42.3. The smallest absolute Gasteiger partial charge is 0.243 e. The van der Waals surface area contributed by atoms with Gasteiger partial charge in [-0.25, -0.2) is 22.5 Å². The van der Waals surface area contributed by atoms with E-state index in [2.05, 4.69) is 20.0 Å². The number of thiazole rings is 1. The lowest BCUT2D eigenvalue weighted by Crippen LogP contribution is -2.44. The number of rotatable bonds is 7. The highest BCUT2D eigenvalue weighted by atomic mass is 32.2. The number of halogens is 1. The Morgan fingerprint density at radius 3 is 2.73 bits per heavy atom. The van der Waals surface area contributed by atoms with Crippen LogP contribution in [0.1, 0.15) is 25.7 Å². The van der Waals surface area contributed by atoms with E-state index in [-0.39, 0.29) is 16.9 Å². The van der Waals surface area contributed by atoms with E-state index in [1.54, 1.807) is 11.7 Å². The number of nitrogens with one attached hydrogen (secondary N) is 2. The Hall–Kier alpha value is -2.36. The van der Waals surface area contributed by atoms with Gasteiger partial charge in [0.1, 0.15) is 22.1 Å². The summed E-state index contributed by atoms with van der Waals surface area (Å²) in [7, 11) is -3.92. The molecule has 9 heteroatoms. The largest absolute Gasteiger partial charge is 0.383 e. The quantitative estimate of drug-likeness (QED) is 0.566. The standard InChI is InChI=1S/C21H23FN4O2S2/c22-16-7-2-4-10-20(16)30(27,28)26-17-8-3-1-6-15(17)12-24-18-9-5-11-23-21(18)19-13-29-14-25-19/h2,4-5,7,9-11,13-15,17,24,26H,1,3,6,8,12H2. The Bertz CT molecular complexity index is 1090. The highest BCUT2D eigenvalue weighted by Gasteiger charge is 2.30. The number of nitrogens with zero attached hydrogens (tertiary/aromatic N) is 2. The van der Waals surface area contributed by atoms with E-state index in [0.717, 1.165) is 48.8 Å². The molecule has 2 atom stereocenters. The van der Waals surface area contributed by atoms with Crippen LogP contribution in [-0.4, -0.2) is 31.0 Å². The fraction of sp³-hybridized carbons (Fsp3) is 0.333. The van der Waals surface area contributed by atoms with Crippen molar-refractivity contribution in [2.45, 2.75) is 36.6 Å². The number of sulfonamides is 1. The van der Waals surface area contributed by atoms with Crippen LogP contribution in [0.25, 0.3) is 11.4 Å². The molecule has 6 nitrogen and oxygen atoms in total. The van der Waals surface area contributed by atoms with Crippen LogP contribution in [0.5, 0.6) is 0 Å². The van der Waals surface area contributed by atoms with Gasteiger partial charge in [-0.15, -0.1) is 11.3 Å². The average molecular weight is 447 g/mol. The number of aromatic nitrogens is 2. The molecule has 2 N–H and O–H groups in total. The third-order valence-electron chi connectivity index (χ3n) is 5.38. The molecule has 2 heterocycles. The summed E-state index contributed by atoms with van der Waals surface area (Å²) in [5, 5.41) is 5.38. The van der Waals surface area contributed by atoms with Crippen molar-refractivity contribution in [2.75, 3.05) is 11.9 Å². The summed E-state index contributed by atoms with van der Waals surface area (Å²) in [6.07, 6.45) is 5.33. The summed E-state index contributed by atoms with van der Waals surface area (Å²) in [4.78, 5) is 8.47. The third kappa shape index (κ3) is 4.69. The first kappa shape index (κ1) is 20.9. The monoisotopic (exact) mass is 446 g/mol. The lowest BCUT2D eigenvalue weighted by atomic mass is 9.85. The van der Waals surface area contributed by atoms with E-state index < -0.39 is 15.8 Å². The molecule has 2 unspecified atom stereocenters. The van der Waals surface area contributed by atoms with E-state index in [1.165, 1.54) is 29.5 Å². The van der Waals surface area contributed by atoms with Crippen molar-refractivity contribution in [3.05, 3.63) is 59.3 Å².